The summed E-state index contributed by atoms with van der Waals surface area (Å²) in [7, 11) is -2.87. The summed E-state index contributed by atoms with van der Waals surface area (Å²) in [6, 6.07) is 0. The zero-order valence-electron chi connectivity index (χ0n) is 14.5. The number of allylic oxidation sites excluding steroid dienone is 1. The van der Waals surface area contributed by atoms with Crippen LogP contribution < -0.4 is 0 Å². The lowest BCUT2D eigenvalue weighted by molar-refractivity contribution is 0.0110. The van der Waals surface area contributed by atoms with Crippen LogP contribution >= 0.6 is 0 Å². The van der Waals surface area contributed by atoms with E-state index in [1.807, 2.05) is 39.5 Å². The van der Waals surface area contributed by atoms with Gasteiger partial charge in [-0.2, -0.15) is 0 Å². The Morgan fingerprint density at radius 1 is 0.636 bits per heavy atom. The lowest BCUT2D eigenvalue weighted by Gasteiger charge is -2.27. The van der Waals surface area contributed by atoms with Gasteiger partial charge in [0, 0.05) is 19.8 Å². The first kappa shape index (κ1) is 21.7. The van der Waals surface area contributed by atoms with Gasteiger partial charge in [-0.3, -0.25) is 0 Å². The van der Waals surface area contributed by atoms with Gasteiger partial charge in [-0.05, 0) is 33.4 Å². The van der Waals surface area contributed by atoms with Crippen LogP contribution in [0.25, 0.3) is 0 Å². The lowest BCUT2D eigenvalue weighted by atomic mass is 10.7. The predicted octanol–water partition coefficient (Wildman–Crippen LogP) is 2.20. The van der Waals surface area contributed by atoms with E-state index in [0.29, 0.717) is 59.5 Å². The van der Waals surface area contributed by atoms with E-state index in [-0.39, 0.29) is 0 Å². The van der Waals surface area contributed by atoms with E-state index in [1.54, 1.807) is 0 Å². The number of hydrogen-bond acceptors (Lipinski definition) is 6. The SMILES string of the molecule is CC=C[Si](OCCOCC)(OCCOCC)OCCOCC. The normalized spacial score (nSPS) is 12.4. The van der Waals surface area contributed by atoms with Crippen LogP contribution in [0.15, 0.2) is 11.8 Å². The Bertz CT molecular complexity index is 231. The van der Waals surface area contributed by atoms with Gasteiger partial charge in [0.15, 0.2) is 0 Å². The van der Waals surface area contributed by atoms with E-state index in [1.165, 1.54) is 0 Å². The molecular weight excluding hydrogens is 304 g/mol. The monoisotopic (exact) mass is 336 g/mol. The number of rotatable bonds is 16. The molecular formula is C15H32O6Si. The molecule has 6 nitrogen and oxygen atoms in total. The molecule has 0 saturated carbocycles. The third kappa shape index (κ3) is 11.3. The zero-order chi connectivity index (χ0) is 16.5. The lowest BCUT2D eigenvalue weighted by Crippen LogP contribution is -2.46. The van der Waals surface area contributed by atoms with Gasteiger partial charge in [-0.25, -0.2) is 0 Å². The molecule has 0 aromatic heterocycles. The van der Waals surface area contributed by atoms with E-state index >= 15 is 0 Å². The fourth-order valence-electron chi connectivity index (χ4n) is 1.64. The van der Waals surface area contributed by atoms with Gasteiger partial charge < -0.3 is 27.5 Å². The van der Waals surface area contributed by atoms with Crippen molar-refractivity contribution in [3.63, 3.8) is 0 Å². The smallest absolute Gasteiger partial charge is 0.379 e. The fourth-order valence-corrected chi connectivity index (χ4v) is 3.69. The van der Waals surface area contributed by atoms with Crippen LogP contribution in [0.3, 0.4) is 0 Å². The Balaban J connectivity index is 4.47. The van der Waals surface area contributed by atoms with E-state index in [2.05, 4.69) is 0 Å². The Morgan fingerprint density at radius 2 is 1.00 bits per heavy atom. The van der Waals surface area contributed by atoms with Crippen molar-refractivity contribution in [3.8, 4) is 0 Å². The molecule has 0 aromatic rings. The molecule has 0 rings (SSSR count). The first-order valence-corrected chi connectivity index (χ1v) is 9.83. The van der Waals surface area contributed by atoms with Gasteiger partial charge in [-0.15, -0.1) is 0 Å². The van der Waals surface area contributed by atoms with Crippen molar-refractivity contribution < 1.29 is 27.5 Å². The molecule has 0 aliphatic heterocycles. The molecule has 0 N–H and O–H groups in total. The van der Waals surface area contributed by atoms with Crippen molar-refractivity contribution in [2.45, 2.75) is 27.7 Å². The summed E-state index contributed by atoms with van der Waals surface area (Å²) in [6.45, 7) is 12.6. The van der Waals surface area contributed by atoms with Crippen LogP contribution in [0.1, 0.15) is 27.7 Å². The summed E-state index contributed by atoms with van der Waals surface area (Å²) in [5, 5.41) is 0. The number of hydrogen-bond donors (Lipinski definition) is 0. The topological polar surface area (TPSA) is 55.4 Å². The molecule has 0 aliphatic rings. The van der Waals surface area contributed by atoms with Crippen LogP contribution in [0, 0.1) is 0 Å². The first-order valence-electron chi connectivity index (χ1n) is 8.03. The predicted molar refractivity (Wildman–Crippen MR) is 87.9 cm³/mol. The largest absolute Gasteiger partial charge is 0.529 e. The van der Waals surface area contributed by atoms with Gasteiger partial charge in [0.2, 0.25) is 0 Å². The van der Waals surface area contributed by atoms with Crippen LogP contribution in [-0.2, 0) is 27.5 Å². The molecule has 0 spiro atoms. The second-order valence-corrected chi connectivity index (χ2v) is 6.65. The zero-order valence-corrected chi connectivity index (χ0v) is 15.5. The van der Waals surface area contributed by atoms with E-state index in [0.717, 1.165) is 0 Å². The average Bonchev–Trinajstić information content (AvgIpc) is 2.53. The minimum atomic E-state index is -2.87. The number of ether oxygens (including phenoxy) is 3. The molecule has 0 aliphatic carbocycles. The average molecular weight is 337 g/mol. The molecule has 7 heteroatoms. The summed E-state index contributed by atoms with van der Waals surface area (Å²) in [5.41, 5.74) is 1.89. The Kier molecular flexibility index (Phi) is 15.4. The van der Waals surface area contributed by atoms with Gasteiger partial charge >= 0.3 is 8.80 Å². The van der Waals surface area contributed by atoms with Crippen molar-refractivity contribution >= 4 is 8.80 Å². The van der Waals surface area contributed by atoms with Gasteiger partial charge in [0.05, 0.1) is 39.6 Å². The Morgan fingerprint density at radius 3 is 1.27 bits per heavy atom. The maximum atomic E-state index is 5.90. The Hall–Kier alpha value is -0.283. The summed E-state index contributed by atoms with van der Waals surface area (Å²) >= 11 is 0. The van der Waals surface area contributed by atoms with Crippen LogP contribution in [-0.4, -0.2) is 68.3 Å². The molecule has 0 radical (unpaired) electrons. The third-order valence-corrected chi connectivity index (χ3v) is 5.14. The van der Waals surface area contributed by atoms with E-state index in [4.69, 9.17) is 27.5 Å². The van der Waals surface area contributed by atoms with Gasteiger partial charge in [0.25, 0.3) is 0 Å². The molecule has 0 unspecified atom stereocenters. The molecule has 0 aromatic carbocycles. The summed E-state index contributed by atoms with van der Waals surface area (Å²) in [5.74, 6) is 0. The minimum Gasteiger partial charge on any atom is -0.379 e. The molecule has 0 amide bonds. The molecule has 22 heavy (non-hydrogen) atoms. The summed E-state index contributed by atoms with van der Waals surface area (Å²) in [6.07, 6.45) is 1.90. The molecule has 0 heterocycles. The van der Waals surface area contributed by atoms with Crippen molar-refractivity contribution in [2.75, 3.05) is 59.5 Å². The highest BCUT2D eigenvalue weighted by atomic mass is 28.4. The van der Waals surface area contributed by atoms with E-state index < -0.39 is 8.80 Å². The fraction of sp³-hybridized carbons (Fsp3) is 0.867. The van der Waals surface area contributed by atoms with Gasteiger partial charge in [-0.1, -0.05) is 6.08 Å². The maximum Gasteiger partial charge on any atom is 0.529 e. The molecule has 132 valence electrons. The van der Waals surface area contributed by atoms with Crippen LogP contribution in [0.5, 0.6) is 0 Å². The van der Waals surface area contributed by atoms with Crippen LogP contribution in [0.2, 0.25) is 0 Å². The summed E-state index contributed by atoms with van der Waals surface area (Å²) in [4.78, 5) is 0. The molecule has 0 fully saturated rings. The van der Waals surface area contributed by atoms with Crippen molar-refractivity contribution in [1.82, 2.24) is 0 Å². The van der Waals surface area contributed by atoms with Crippen molar-refractivity contribution in [2.24, 2.45) is 0 Å². The summed E-state index contributed by atoms with van der Waals surface area (Å²) < 4.78 is 33.6. The maximum absolute atomic E-state index is 5.90. The van der Waals surface area contributed by atoms with E-state index in [9.17, 15) is 0 Å². The first-order chi connectivity index (χ1) is 10.7. The van der Waals surface area contributed by atoms with Gasteiger partial charge in [0.1, 0.15) is 0 Å². The van der Waals surface area contributed by atoms with Crippen LogP contribution in [0.4, 0.5) is 0 Å². The quantitative estimate of drug-likeness (QED) is 0.318. The minimum absolute atomic E-state index is 0.438. The highest BCUT2D eigenvalue weighted by Gasteiger charge is 2.38. The van der Waals surface area contributed by atoms with Crippen molar-refractivity contribution in [3.05, 3.63) is 11.8 Å². The highest BCUT2D eigenvalue weighted by Crippen LogP contribution is 2.12. The molecule has 0 bridgehead atoms. The molecule has 0 saturated heterocycles. The molecule has 0 atom stereocenters. The van der Waals surface area contributed by atoms with Crippen molar-refractivity contribution in [1.29, 1.82) is 0 Å². The second kappa shape index (κ2) is 15.6. The highest BCUT2D eigenvalue weighted by molar-refractivity contribution is 6.66. The second-order valence-electron chi connectivity index (χ2n) is 4.24. The Labute approximate surface area is 136 Å². The third-order valence-electron chi connectivity index (χ3n) is 2.58. The standard InChI is InChI=1S/C15H32O6Si/c1-5-15-22(19-12-9-16-6-2,20-13-10-17-7-3)21-14-11-18-8-4/h5,15H,6-14H2,1-4H3.